The van der Waals surface area contributed by atoms with Gasteiger partial charge in [0.25, 0.3) is 21.9 Å². The zero-order chi connectivity index (χ0) is 23.2. The van der Waals surface area contributed by atoms with Crippen molar-refractivity contribution in [3.63, 3.8) is 0 Å². The molecule has 1 aliphatic heterocycles. The maximum atomic E-state index is 12.9. The van der Waals surface area contributed by atoms with Crippen molar-refractivity contribution in [1.82, 2.24) is 23.9 Å². The lowest BCUT2D eigenvalue weighted by molar-refractivity contribution is 0.308. The Bertz CT molecular complexity index is 1260. The van der Waals surface area contributed by atoms with Crippen LogP contribution in [0.2, 0.25) is 11.8 Å². The molecule has 4 rings (SSSR count). The number of aryl methyl sites for hydroxylation is 1. The monoisotopic (exact) mass is 473 g/mol. The molecule has 1 saturated heterocycles. The molecule has 0 unspecified atom stereocenters. The fraction of sp³-hybridized carbons (Fsp3) is 0.471. The molecule has 3 aromatic heterocycles. The van der Waals surface area contributed by atoms with Crippen LogP contribution in [-0.2, 0) is 14.7 Å². The zero-order valence-electron chi connectivity index (χ0n) is 18.9. The van der Waals surface area contributed by atoms with E-state index >= 15 is 0 Å². The molecule has 0 radical (unpaired) electrons. The standard InChI is InChI=1S/C17H24B4ClN5O4S/c1-9-23-8-11(31-9)32(28,29)26-6-4-10(5-7-26)12-14(22)13(18)16-24-17(19)25-27(16)15(12)20-21(2)30-3/h8,10,20H,4-7,18-19H2,1-3H3. The average molecular weight is 473 g/mol. The van der Waals surface area contributed by atoms with Gasteiger partial charge in [0, 0.05) is 37.7 Å². The lowest BCUT2D eigenvalue weighted by atomic mass is 9.32. The molecule has 1 aliphatic rings. The van der Waals surface area contributed by atoms with E-state index in [0.717, 1.165) is 22.3 Å². The van der Waals surface area contributed by atoms with E-state index < -0.39 is 10.0 Å². The summed E-state index contributed by atoms with van der Waals surface area (Å²) in [5.74, 6) is 0.422. The van der Waals surface area contributed by atoms with E-state index in [2.05, 4.69) is 15.1 Å². The molecule has 0 amide bonds. The Hall–Kier alpha value is -1.75. The summed E-state index contributed by atoms with van der Waals surface area (Å²) in [4.78, 5) is 8.48. The van der Waals surface area contributed by atoms with Crippen molar-refractivity contribution in [3.8, 4) is 0 Å². The molecular formula is C17H24B4ClN5O4S. The molecular weight excluding hydrogens is 449 g/mol. The topological polar surface area (TPSA) is 103 Å². The summed E-state index contributed by atoms with van der Waals surface area (Å²) in [7, 11) is 2.41. The summed E-state index contributed by atoms with van der Waals surface area (Å²) in [6.45, 7) is 4.34. The Morgan fingerprint density at radius 3 is 2.62 bits per heavy atom. The second kappa shape index (κ2) is 8.89. The number of hydrogen-bond acceptors (Lipinski definition) is 7. The lowest BCUT2D eigenvalue weighted by Crippen LogP contribution is -2.44. The largest absolute Gasteiger partial charge is 0.447 e. The minimum Gasteiger partial charge on any atom is -0.447 e. The van der Waals surface area contributed by atoms with Crippen LogP contribution in [0.1, 0.15) is 30.2 Å². The van der Waals surface area contributed by atoms with Gasteiger partial charge in [0.05, 0.1) is 6.20 Å². The van der Waals surface area contributed by atoms with Gasteiger partial charge in [0.2, 0.25) is 0 Å². The van der Waals surface area contributed by atoms with E-state index in [-0.39, 0.29) is 17.8 Å². The summed E-state index contributed by atoms with van der Waals surface area (Å²) < 4.78 is 40.0. The number of nitrogens with zero attached hydrogens (tertiary/aromatic N) is 5. The van der Waals surface area contributed by atoms with Crippen molar-refractivity contribution in [3.05, 3.63) is 22.7 Å². The van der Waals surface area contributed by atoms with E-state index in [1.54, 1.807) is 14.0 Å². The van der Waals surface area contributed by atoms with E-state index in [9.17, 15) is 8.42 Å². The highest BCUT2D eigenvalue weighted by Crippen LogP contribution is 2.33. The molecule has 1 fully saturated rings. The minimum atomic E-state index is -3.71. The number of aromatic nitrogens is 4. The summed E-state index contributed by atoms with van der Waals surface area (Å²) in [5, 5.41) is 5.18. The molecule has 166 valence electrons. The molecule has 4 heterocycles. The van der Waals surface area contributed by atoms with E-state index in [1.165, 1.54) is 10.5 Å². The molecule has 3 aromatic rings. The van der Waals surface area contributed by atoms with Gasteiger partial charge in [0.1, 0.15) is 19.2 Å². The smallest absolute Gasteiger partial charge is 0.278 e. The number of pyridine rings is 1. The van der Waals surface area contributed by atoms with Crippen LogP contribution in [-0.4, -0.2) is 82.2 Å². The van der Waals surface area contributed by atoms with Crippen LogP contribution in [0.25, 0.3) is 5.65 Å². The number of oxazole rings is 1. The number of fused-ring (bicyclic) bond motifs is 1. The molecule has 0 aliphatic carbocycles. The number of piperidine rings is 1. The van der Waals surface area contributed by atoms with E-state index in [4.69, 9.17) is 20.7 Å². The van der Waals surface area contributed by atoms with Gasteiger partial charge in [-0.25, -0.2) is 22.9 Å². The Balaban J connectivity index is 1.68. The van der Waals surface area contributed by atoms with Gasteiger partial charge in [-0.15, -0.1) is 0 Å². The predicted molar refractivity (Wildman–Crippen MR) is 132 cm³/mol. The van der Waals surface area contributed by atoms with Crippen LogP contribution >= 0.6 is 11.6 Å². The first-order valence-corrected chi connectivity index (χ1v) is 12.4. The van der Waals surface area contributed by atoms with Gasteiger partial charge >= 0.3 is 0 Å². The van der Waals surface area contributed by atoms with Crippen molar-refractivity contribution in [2.24, 2.45) is 0 Å². The van der Waals surface area contributed by atoms with Crippen LogP contribution in [0.4, 0.5) is 0 Å². The number of rotatable bonds is 6. The molecule has 0 saturated carbocycles. The van der Waals surface area contributed by atoms with Crippen LogP contribution in [0.15, 0.2) is 15.7 Å². The first-order valence-electron chi connectivity index (χ1n) is 10.6. The highest BCUT2D eigenvalue weighted by Gasteiger charge is 2.35. The predicted octanol–water partition coefficient (Wildman–Crippen LogP) is -2.41. The number of hydrogen-bond donors (Lipinski definition) is 0. The maximum absolute atomic E-state index is 12.9. The van der Waals surface area contributed by atoms with Crippen molar-refractivity contribution in [1.29, 1.82) is 0 Å². The first kappa shape index (κ1) is 23.4. The molecule has 0 spiro atoms. The second-order valence-electron chi connectivity index (χ2n) is 8.32. The summed E-state index contributed by atoms with van der Waals surface area (Å²) >= 11 is 6.89. The molecule has 0 aromatic carbocycles. The van der Waals surface area contributed by atoms with E-state index in [0.29, 0.717) is 49.7 Å². The third-order valence-electron chi connectivity index (χ3n) is 6.12. The molecule has 0 bridgehead atoms. The van der Waals surface area contributed by atoms with Crippen molar-refractivity contribution >= 4 is 73.7 Å². The highest BCUT2D eigenvalue weighted by atomic mass is 35.5. The summed E-state index contributed by atoms with van der Waals surface area (Å²) in [5.41, 5.74) is 4.28. The normalized spacial score (nSPS) is 16.0. The summed E-state index contributed by atoms with van der Waals surface area (Å²) in [6.07, 6.45) is 2.54. The van der Waals surface area contributed by atoms with Crippen molar-refractivity contribution in [2.45, 2.75) is 37.6 Å². The van der Waals surface area contributed by atoms with Gasteiger partial charge in [-0.05, 0) is 29.8 Å². The number of halogens is 1. The maximum Gasteiger partial charge on any atom is 0.278 e. The third-order valence-corrected chi connectivity index (χ3v) is 8.35. The van der Waals surface area contributed by atoms with E-state index in [1.807, 2.05) is 27.0 Å². The molecule has 0 N–H and O–H groups in total. The fourth-order valence-corrected chi connectivity index (χ4v) is 6.03. The molecule has 9 nitrogen and oxygen atoms in total. The third kappa shape index (κ3) is 4.13. The van der Waals surface area contributed by atoms with Crippen LogP contribution in [0.5, 0.6) is 0 Å². The zero-order valence-corrected chi connectivity index (χ0v) is 20.5. The Morgan fingerprint density at radius 2 is 2.03 bits per heavy atom. The van der Waals surface area contributed by atoms with Gasteiger partial charge in [0.15, 0.2) is 20.9 Å². The van der Waals surface area contributed by atoms with Crippen molar-refractivity contribution < 1.29 is 17.5 Å². The van der Waals surface area contributed by atoms with Gasteiger partial charge in [-0.3, -0.25) is 0 Å². The Morgan fingerprint density at radius 1 is 1.34 bits per heavy atom. The SMILES string of the molecule is Bc1nc2c(B)c(Cl)c(C3CCN(S(=O)(=O)c4cnc(C)o4)CC3)c(BB(C)OC)n2n1. The molecule has 15 heteroatoms. The highest BCUT2D eigenvalue weighted by molar-refractivity contribution is 7.89. The quantitative estimate of drug-likeness (QED) is 0.368. The van der Waals surface area contributed by atoms with Crippen LogP contribution in [0.3, 0.4) is 0 Å². The number of sulfonamides is 1. The molecule has 0 atom stereocenters. The Labute approximate surface area is 195 Å². The first-order chi connectivity index (χ1) is 15.1. The summed E-state index contributed by atoms with van der Waals surface area (Å²) in [6, 6.07) is 0. The van der Waals surface area contributed by atoms with Gasteiger partial charge in [-0.1, -0.05) is 18.4 Å². The van der Waals surface area contributed by atoms with Crippen LogP contribution in [0, 0.1) is 6.92 Å². The minimum absolute atomic E-state index is 0.0320. The van der Waals surface area contributed by atoms with Crippen LogP contribution < -0.4 is 16.8 Å². The molecule has 32 heavy (non-hydrogen) atoms. The average Bonchev–Trinajstić information content (AvgIpc) is 3.38. The van der Waals surface area contributed by atoms with Gasteiger partial charge < -0.3 is 9.07 Å². The van der Waals surface area contributed by atoms with Crippen molar-refractivity contribution in [2.75, 3.05) is 20.2 Å². The van der Waals surface area contributed by atoms with Gasteiger partial charge in [-0.2, -0.15) is 9.40 Å². The fourth-order valence-electron chi connectivity index (χ4n) is 4.33. The Kier molecular flexibility index (Phi) is 6.50. The second-order valence-corrected chi connectivity index (χ2v) is 10.6. The lowest BCUT2D eigenvalue weighted by Gasteiger charge is -2.32.